The van der Waals surface area contributed by atoms with Crippen LogP contribution in [0.5, 0.6) is 11.5 Å². The van der Waals surface area contributed by atoms with Crippen molar-refractivity contribution in [2.45, 2.75) is 50.4 Å². The van der Waals surface area contributed by atoms with Gasteiger partial charge in [0.2, 0.25) is 10.9 Å². The Kier molecular flexibility index (Phi) is 8.35. The maximum atomic E-state index is 11.6. The molecule has 0 heterocycles. The zero-order chi connectivity index (χ0) is 24.1. The molecule has 0 saturated heterocycles. The van der Waals surface area contributed by atoms with E-state index in [1.807, 2.05) is 0 Å². The van der Waals surface area contributed by atoms with Gasteiger partial charge in [-0.1, -0.05) is 38.8 Å². The summed E-state index contributed by atoms with van der Waals surface area (Å²) in [7, 11) is -8.92. The first-order valence-electron chi connectivity index (χ1n) is 9.92. The molecule has 0 aromatic heterocycles. The molecule has 0 saturated carbocycles. The Balaban J connectivity index is 2.42. The third kappa shape index (κ3) is 6.73. The first-order chi connectivity index (χ1) is 14.9. The third-order valence-corrected chi connectivity index (χ3v) is 6.58. The second kappa shape index (κ2) is 10.4. The van der Waals surface area contributed by atoms with E-state index in [1.165, 1.54) is 24.3 Å². The summed E-state index contributed by atoms with van der Waals surface area (Å²) in [6.45, 7) is 3.49. The predicted molar refractivity (Wildman–Crippen MR) is 122 cm³/mol. The molecule has 0 aliphatic rings. The van der Waals surface area contributed by atoms with Crippen LogP contribution in [-0.2, 0) is 20.2 Å². The maximum absolute atomic E-state index is 11.6. The summed E-state index contributed by atoms with van der Waals surface area (Å²) >= 11 is 0. The lowest BCUT2D eigenvalue weighted by atomic mass is 10.0. The molecule has 6 N–H and O–H groups in total. The van der Waals surface area contributed by atoms with Crippen LogP contribution in [-0.4, -0.2) is 36.8 Å². The van der Waals surface area contributed by atoms with E-state index in [9.17, 15) is 25.9 Å². The van der Waals surface area contributed by atoms with Gasteiger partial charge < -0.3 is 20.9 Å². The van der Waals surface area contributed by atoms with Crippen molar-refractivity contribution in [2.75, 3.05) is 11.5 Å². The van der Waals surface area contributed by atoms with Crippen LogP contribution >= 0.6 is 0 Å². The normalized spacial score (nSPS) is 14.0. The fourth-order valence-corrected chi connectivity index (χ4v) is 4.44. The molecule has 0 bridgehead atoms. The Bertz CT molecular complexity index is 1060. The minimum absolute atomic E-state index is 0.0552. The average Bonchev–Trinajstić information content (AvgIpc) is 2.69. The molecule has 2 aromatic rings. The van der Waals surface area contributed by atoms with E-state index in [4.69, 9.17) is 20.9 Å². The van der Waals surface area contributed by atoms with Crippen molar-refractivity contribution >= 4 is 31.6 Å². The number of anilines is 2. The Labute approximate surface area is 188 Å². The van der Waals surface area contributed by atoms with Gasteiger partial charge in [-0.3, -0.25) is 9.11 Å². The van der Waals surface area contributed by atoms with Crippen LogP contribution in [0, 0.1) is 0 Å². The van der Waals surface area contributed by atoms with Crippen molar-refractivity contribution in [1.29, 1.82) is 0 Å². The molecule has 0 radical (unpaired) electrons. The fourth-order valence-electron chi connectivity index (χ4n) is 2.92. The van der Waals surface area contributed by atoms with E-state index < -0.39 is 31.1 Å². The highest BCUT2D eigenvalue weighted by atomic mass is 32.2. The molecule has 2 unspecified atom stereocenters. The second-order valence-corrected chi connectivity index (χ2v) is 10.3. The molecule has 10 nitrogen and oxygen atoms in total. The fraction of sp³-hybridized carbons (Fsp3) is 0.400. The molecule has 2 aromatic carbocycles. The lowest BCUT2D eigenvalue weighted by Gasteiger charge is -2.19. The molecule has 2 atom stereocenters. The van der Waals surface area contributed by atoms with Crippen LogP contribution in [0.1, 0.15) is 39.5 Å². The van der Waals surface area contributed by atoms with Gasteiger partial charge in [0.25, 0.3) is 0 Å². The van der Waals surface area contributed by atoms with Crippen molar-refractivity contribution in [1.82, 2.24) is 0 Å². The highest BCUT2D eigenvalue weighted by molar-refractivity contribution is 7.86. The second-order valence-electron chi connectivity index (χ2n) is 7.21. The van der Waals surface area contributed by atoms with Gasteiger partial charge in [0.15, 0.2) is 0 Å². The molecule has 0 aliphatic heterocycles. The standard InChI is InChI=1S/C20H28N2O8S2/c1-3-5-19(31(23,24)25)29-17-11-13(7-9-15(17)21)14-8-10-16(22)18(12-14)30-20(6-4-2)32(26,27)28/h7-12,19-20H,3-6,21-22H2,1-2H3,(H,23,24,25)(H,26,27,28). The van der Waals surface area contributed by atoms with Crippen molar-refractivity contribution in [2.24, 2.45) is 0 Å². The van der Waals surface area contributed by atoms with E-state index in [0.29, 0.717) is 24.0 Å². The summed E-state index contributed by atoms with van der Waals surface area (Å²) < 4.78 is 76.2. The Morgan fingerprint density at radius 3 is 1.38 bits per heavy atom. The smallest absolute Gasteiger partial charge is 0.303 e. The van der Waals surface area contributed by atoms with E-state index in [2.05, 4.69) is 0 Å². The summed E-state index contributed by atoms with van der Waals surface area (Å²) in [5.74, 6) is 0.110. The number of hydrogen-bond acceptors (Lipinski definition) is 8. The van der Waals surface area contributed by atoms with Crippen LogP contribution < -0.4 is 20.9 Å². The highest BCUT2D eigenvalue weighted by Gasteiger charge is 2.26. The number of rotatable bonds is 11. The average molecular weight is 489 g/mol. The Morgan fingerprint density at radius 1 is 0.750 bits per heavy atom. The number of hydrogen-bond donors (Lipinski definition) is 4. The monoisotopic (exact) mass is 488 g/mol. The Hall–Kier alpha value is -2.54. The third-order valence-electron chi connectivity index (χ3n) is 4.59. The van der Waals surface area contributed by atoms with Crippen LogP contribution in [0.2, 0.25) is 0 Å². The quantitative estimate of drug-likeness (QED) is 0.271. The number of nitrogen functional groups attached to an aromatic ring is 2. The van der Waals surface area contributed by atoms with E-state index in [1.54, 1.807) is 26.0 Å². The van der Waals surface area contributed by atoms with Crippen molar-refractivity contribution in [3.8, 4) is 22.6 Å². The van der Waals surface area contributed by atoms with Gasteiger partial charge in [0.1, 0.15) is 11.5 Å². The van der Waals surface area contributed by atoms with Gasteiger partial charge >= 0.3 is 20.2 Å². The Morgan fingerprint density at radius 2 is 1.09 bits per heavy atom. The van der Waals surface area contributed by atoms with Gasteiger partial charge in [-0.25, -0.2) is 0 Å². The van der Waals surface area contributed by atoms with Crippen molar-refractivity contribution < 1.29 is 35.4 Å². The molecular formula is C20H28N2O8S2. The highest BCUT2D eigenvalue weighted by Crippen LogP contribution is 2.35. The minimum atomic E-state index is -4.46. The maximum Gasteiger partial charge on any atom is 0.303 e. The molecule has 2 rings (SSSR count). The topological polar surface area (TPSA) is 179 Å². The van der Waals surface area contributed by atoms with Gasteiger partial charge in [-0.15, -0.1) is 0 Å². The molecule has 178 valence electrons. The van der Waals surface area contributed by atoms with E-state index in [0.717, 1.165) is 0 Å². The SMILES string of the molecule is CCCC(Oc1cc(-c2ccc(N)c(OC(CCC)S(=O)(=O)O)c2)ccc1N)S(=O)(=O)O. The largest absolute Gasteiger partial charge is 0.470 e. The first-order valence-corrected chi connectivity index (χ1v) is 12.9. The molecule has 32 heavy (non-hydrogen) atoms. The van der Waals surface area contributed by atoms with Gasteiger partial charge in [-0.05, 0) is 35.4 Å². The molecule has 0 spiro atoms. The summed E-state index contributed by atoms with van der Waals surface area (Å²) in [6, 6.07) is 9.28. The minimum Gasteiger partial charge on any atom is -0.470 e. The molecule has 0 aliphatic carbocycles. The first kappa shape index (κ1) is 25.7. The summed E-state index contributed by atoms with van der Waals surface area (Å²) in [6.07, 6.45) is 1.04. The van der Waals surface area contributed by atoms with Crippen molar-refractivity contribution in [3.63, 3.8) is 0 Å². The summed E-state index contributed by atoms with van der Waals surface area (Å²) in [5.41, 5.74) is 10.3. The summed E-state index contributed by atoms with van der Waals surface area (Å²) in [4.78, 5) is 0. The van der Waals surface area contributed by atoms with E-state index >= 15 is 0 Å². The zero-order valence-electron chi connectivity index (χ0n) is 17.8. The molecule has 0 amide bonds. The zero-order valence-corrected chi connectivity index (χ0v) is 19.4. The van der Waals surface area contributed by atoms with Gasteiger partial charge in [-0.2, -0.15) is 16.8 Å². The van der Waals surface area contributed by atoms with Crippen LogP contribution in [0.15, 0.2) is 36.4 Å². The number of ether oxygens (including phenoxy) is 2. The van der Waals surface area contributed by atoms with Crippen LogP contribution in [0.3, 0.4) is 0 Å². The number of benzene rings is 2. The number of nitrogens with two attached hydrogens (primary N) is 2. The van der Waals surface area contributed by atoms with Gasteiger partial charge in [0, 0.05) is 12.8 Å². The summed E-state index contributed by atoms with van der Waals surface area (Å²) in [5, 5.41) is 0. The molecule has 0 fully saturated rings. The van der Waals surface area contributed by atoms with Crippen molar-refractivity contribution in [3.05, 3.63) is 36.4 Å². The van der Waals surface area contributed by atoms with E-state index in [-0.39, 0.29) is 35.7 Å². The lowest BCUT2D eigenvalue weighted by Crippen LogP contribution is -2.27. The van der Waals surface area contributed by atoms with Gasteiger partial charge in [0.05, 0.1) is 11.4 Å². The predicted octanol–water partition coefficient (Wildman–Crippen LogP) is 3.30. The molecular weight excluding hydrogens is 460 g/mol. The molecule has 12 heteroatoms. The van der Waals surface area contributed by atoms with Crippen LogP contribution in [0.4, 0.5) is 11.4 Å². The lowest BCUT2D eigenvalue weighted by molar-refractivity contribution is 0.247. The van der Waals surface area contributed by atoms with Crippen LogP contribution in [0.25, 0.3) is 11.1 Å².